The lowest BCUT2D eigenvalue weighted by molar-refractivity contribution is -0.145. The standard InChI is InChI=1S/C16H25BrN2O2/c1-5-12-15(17)13(19(3)18-12)10-14(20)16(21-4)8-6-11(2)7-9-16/h11H,5-10H2,1-4H3. The van der Waals surface area contributed by atoms with E-state index in [0.29, 0.717) is 12.3 Å². The molecule has 5 heteroatoms. The predicted molar refractivity (Wildman–Crippen MR) is 86.4 cm³/mol. The molecule has 0 aromatic carbocycles. The van der Waals surface area contributed by atoms with E-state index >= 15 is 0 Å². The fourth-order valence-electron chi connectivity index (χ4n) is 3.15. The van der Waals surface area contributed by atoms with Crippen LogP contribution in [0.5, 0.6) is 0 Å². The van der Waals surface area contributed by atoms with Gasteiger partial charge in [-0.25, -0.2) is 0 Å². The first kappa shape index (κ1) is 16.7. The smallest absolute Gasteiger partial charge is 0.170 e. The SMILES string of the molecule is CCc1nn(C)c(CC(=O)C2(OC)CCC(C)CC2)c1Br. The second-order valence-electron chi connectivity index (χ2n) is 6.17. The Morgan fingerprint density at radius 1 is 1.48 bits per heavy atom. The van der Waals surface area contributed by atoms with Gasteiger partial charge in [-0.2, -0.15) is 5.10 Å². The largest absolute Gasteiger partial charge is 0.370 e. The van der Waals surface area contributed by atoms with Gasteiger partial charge >= 0.3 is 0 Å². The third kappa shape index (κ3) is 3.24. The van der Waals surface area contributed by atoms with Gasteiger partial charge in [-0.3, -0.25) is 9.48 Å². The Balaban J connectivity index is 2.19. The Hall–Kier alpha value is -0.680. The highest BCUT2D eigenvalue weighted by molar-refractivity contribution is 9.10. The molecule has 0 unspecified atom stereocenters. The fourth-order valence-corrected chi connectivity index (χ4v) is 3.91. The van der Waals surface area contributed by atoms with Crippen molar-refractivity contribution in [1.82, 2.24) is 9.78 Å². The van der Waals surface area contributed by atoms with E-state index in [1.54, 1.807) is 7.11 Å². The molecule has 2 rings (SSSR count). The van der Waals surface area contributed by atoms with Crippen LogP contribution < -0.4 is 0 Å². The van der Waals surface area contributed by atoms with Crippen LogP contribution >= 0.6 is 15.9 Å². The van der Waals surface area contributed by atoms with Crippen molar-refractivity contribution in [2.24, 2.45) is 13.0 Å². The highest BCUT2D eigenvalue weighted by atomic mass is 79.9. The zero-order valence-electron chi connectivity index (χ0n) is 13.4. The van der Waals surface area contributed by atoms with Crippen LogP contribution in [0.1, 0.15) is 50.9 Å². The number of ether oxygens (including phenoxy) is 1. The molecule has 4 nitrogen and oxygen atoms in total. The zero-order chi connectivity index (χ0) is 15.6. The van der Waals surface area contributed by atoms with Gasteiger partial charge in [0.2, 0.25) is 0 Å². The summed E-state index contributed by atoms with van der Waals surface area (Å²) in [6.45, 7) is 4.31. The van der Waals surface area contributed by atoms with E-state index < -0.39 is 5.60 Å². The van der Waals surface area contributed by atoms with E-state index in [1.165, 1.54) is 0 Å². The molecule has 0 atom stereocenters. The summed E-state index contributed by atoms with van der Waals surface area (Å²) in [4.78, 5) is 12.8. The minimum atomic E-state index is -0.595. The number of nitrogens with zero attached hydrogens (tertiary/aromatic N) is 2. The van der Waals surface area contributed by atoms with Crippen molar-refractivity contribution in [3.8, 4) is 0 Å². The molecule has 0 N–H and O–H groups in total. The minimum Gasteiger partial charge on any atom is -0.370 e. The number of hydrogen-bond donors (Lipinski definition) is 0. The molecule has 0 aliphatic heterocycles. The molecule has 1 aliphatic carbocycles. The molecule has 1 saturated carbocycles. The lowest BCUT2D eigenvalue weighted by atomic mass is 9.76. The third-order valence-electron chi connectivity index (χ3n) is 4.81. The summed E-state index contributed by atoms with van der Waals surface area (Å²) in [5, 5.41) is 4.46. The summed E-state index contributed by atoms with van der Waals surface area (Å²) < 4.78 is 8.46. The number of rotatable bonds is 5. The van der Waals surface area contributed by atoms with Crippen molar-refractivity contribution in [2.75, 3.05) is 7.11 Å². The van der Waals surface area contributed by atoms with E-state index in [-0.39, 0.29) is 5.78 Å². The van der Waals surface area contributed by atoms with Crippen LogP contribution in [0.3, 0.4) is 0 Å². The van der Waals surface area contributed by atoms with E-state index in [1.807, 2.05) is 11.7 Å². The normalized spacial score (nSPS) is 26.0. The molecule has 1 aromatic heterocycles. The second-order valence-corrected chi connectivity index (χ2v) is 6.96. The number of hydrogen-bond acceptors (Lipinski definition) is 3. The van der Waals surface area contributed by atoms with Gasteiger partial charge in [0, 0.05) is 14.2 Å². The van der Waals surface area contributed by atoms with Gasteiger partial charge in [0.15, 0.2) is 5.78 Å². The van der Waals surface area contributed by atoms with Crippen molar-refractivity contribution in [1.29, 1.82) is 0 Å². The predicted octanol–water partition coefficient (Wildman–Crippen LogP) is 3.45. The molecule has 118 valence electrons. The quantitative estimate of drug-likeness (QED) is 0.811. The Morgan fingerprint density at radius 3 is 2.57 bits per heavy atom. The summed E-state index contributed by atoms with van der Waals surface area (Å²) in [6, 6.07) is 0. The summed E-state index contributed by atoms with van der Waals surface area (Å²) in [7, 11) is 3.57. The van der Waals surface area contributed by atoms with Crippen molar-refractivity contribution < 1.29 is 9.53 Å². The van der Waals surface area contributed by atoms with Crippen LogP contribution in [0.15, 0.2) is 4.47 Å². The van der Waals surface area contributed by atoms with Crippen LogP contribution in [0.25, 0.3) is 0 Å². The van der Waals surface area contributed by atoms with E-state index in [9.17, 15) is 4.79 Å². The van der Waals surface area contributed by atoms with Crippen LogP contribution in [0.4, 0.5) is 0 Å². The number of methoxy groups -OCH3 is 1. The van der Waals surface area contributed by atoms with Crippen molar-refractivity contribution in [3.05, 3.63) is 15.9 Å². The topological polar surface area (TPSA) is 44.1 Å². The Bertz CT molecular complexity index is 517. The van der Waals surface area contributed by atoms with Crippen LogP contribution in [-0.4, -0.2) is 28.3 Å². The first-order chi connectivity index (χ1) is 9.93. The monoisotopic (exact) mass is 356 g/mol. The number of halogens is 1. The van der Waals surface area contributed by atoms with E-state index in [4.69, 9.17) is 4.74 Å². The second kappa shape index (κ2) is 6.61. The molecule has 0 spiro atoms. The number of aryl methyl sites for hydroxylation is 2. The Kier molecular flexibility index (Phi) is 5.25. The van der Waals surface area contributed by atoms with Gasteiger partial charge in [0.1, 0.15) is 5.60 Å². The Labute approximate surface area is 135 Å². The first-order valence-electron chi connectivity index (χ1n) is 7.72. The lowest BCUT2D eigenvalue weighted by Gasteiger charge is -2.37. The molecule has 0 bridgehead atoms. The van der Waals surface area contributed by atoms with Crippen LogP contribution in [-0.2, 0) is 29.4 Å². The van der Waals surface area contributed by atoms with Crippen LogP contribution in [0, 0.1) is 5.92 Å². The molecule has 21 heavy (non-hydrogen) atoms. The van der Waals surface area contributed by atoms with E-state index in [0.717, 1.165) is 48.0 Å². The average Bonchev–Trinajstić information content (AvgIpc) is 2.75. The number of ketones is 1. The highest BCUT2D eigenvalue weighted by Gasteiger charge is 2.41. The summed E-state index contributed by atoms with van der Waals surface area (Å²) in [6.07, 6.45) is 5.03. The Morgan fingerprint density at radius 2 is 2.10 bits per heavy atom. The molecule has 1 aliphatic rings. The van der Waals surface area contributed by atoms with Gasteiger partial charge in [0.05, 0.1) is 22.3 Å². The van der Waals surface area contributed by atoms with Gasteiger partial charge in [-0.05, 0) is 54.0 Å². The van der Waals surface area contributed by atoms with Gasteiger partial charge in [-0.15, -0.1) is 0 Å². The maximum absolute atomic E-state index is 12.8. The minimum absolute atomic E-state index is 0.184. The van der Waals surface area contributed by atoms with Crippen molar-refractivity contribution >= 4 is 21.7 Å². The molecule has 0 amide bonds. The number of aromatic nitrogens is 2. The summed E-state index contributed by atoms with van der Waals surface area (Å²) >= 11 is 3.59. The number of Topliss-reactive ketones (excluding diaryl/α,β-unsaturated/α-hetero) is 1. The molecular formula is C16H25BrN2O2. The lowest BCUT2D eigenvalue weighted by Crippen LogP contribution is -2.45. The van der Waals surface area contributed by atoms with E-state index in [2.05, 4.69) is 34.9 Å². The molecular weight excluding hydrogens is 332 g/mol. The van der Waals surface area contributed by atoms with Gasteiger partial charge < -0.3 is 4.74 Å². The average molecular weight is 357 g/mol. The molecule has 1 aromatic rings. The molecule has 0 saturated heterocycles. The maximum atomic E-state index is 12.8. The highest BCUT2D eigenvalue weighted by Crippen LogP contribution is 2.36. The zero-order valence-corrected chi connectivity index (χ0v) is 15.0. The number of carbonyl (C=O) groups is 1. The summed E-state index contributed by atoms with van der Waals surface area (Å²) in [5.74, 6) is 0.875. The molecule has 1 heterocycles. The van der Waals surface area contributed by atoms with Gasteiger partial charge in [0.25, 0.3) is 0 Å². The van der Waals surface area contributed by atoms with Crippen molar-refractivity contribution in [3.63, 3.8) is 0 Å². The fraction of sp³-hybridized carbons (Fsp3) is 0.750. The van der Waals surface area contributed by atoms with Gasteiger partial charge in [-0.1, -0.05) is 13.8 Å². The number of carbonyl (C=O) groups excluding carboxylic acids is 1. The molecule has 0 radical (unpaired) electrons. The first-order valence-corrected chi connectivity index (χ1v) is 8.51. The molecule has 1 fully saturated rings. The third-order valence-corrected chi connectivity index (χ3v) is 5.73. The summed E-state index contributed by atoms with van der Waals surface area (Å²) in [5.41, 5.74) is 1.36. The maximum Gasteiger partial charge on any atom is 0.170 e. The van der Waals surface area contributed by atoms with Crippen LogP contribution in [0.2, 0.25) is 0 Å². The van der Waals surface area contributed by atoms with Crippen molar-refractivity contribution in [2.45, 2.75) is 58.0 Å².